The van der Waals surface area contributed by atoms with Crippen LogP contribution in [0.2, 0.25) is 0 Å². The molecule has 14 heavy (non-hydrogen) atoms. The molecule has 80 valence electrons. The Balaban J connectivity index is 0. The van der Waals surface area contributed by atoms with Gasteiger partial charge in [0.25, 0.3) is 0 Å². The van der Waals surface area contributed by atoms with Crippen LogP contribution >= 0.6 is 0 Å². The van der Waals surface area contributed by atoms with Gasteiger partial charge in [-0.3, -0.25) is 4.39 Å². The van der Waals surface area contributed by atoms with E-state index in [1.807, 2.05) is 0 Å². The third kappa shape index (κ3) is 15.3. The number of hydrogen-bond donors (Lipinski definition) is 0. The molecule has 0 aromatic heterocycles. The van der Waals surface area contributed by atoms with Crippen molar-refractivity contribution >= 4 is 10.1 Å². The third-order valence-corrected chi connectivity index (χ3v) is 2.57. The summed E-state index contributed by atoms with van der Waals surface area (Å²) in [5.74, 6) is -0.268. The maximum atomic E-state index is 11.6. The van der Waals surface area contributed by atoms with Crippen molar-refractivity contribution in [2.24, 2.45) is 0 Å². The fourth-order valence-corrected chi connectivity index (χ4v) is 1.64. The van der Waals surface area contributed by atoms with Gasteiger partial charge >= 0.3 is 29.6 Å². The molecular weight excluding hydrogens is 218 g/mol. The van der Waals surface area contributed by atoms with Crippen molar-refractivity contribution in [1.29, 1.82) is 0 Å². The molecule has 0 saturated carbocycles. The Kier molecular flexibility index (Phi) is 12.8. The molecule has 0 radical (unpaired) electrons. The van der Waals surface area contributed by atoms with Gasteiger partial charge in [-0.15, -0.1) is 0 Å². The van der Waals surface area contributed by atoms with Gasteiger partial charge in [-0.25, -0.2) is 8.42 Å². The maximum absolute atomic E-state index is 11.6. The Morgan fingerprint density at radius 3 is 1.79 bits per heavy atom. The minimum atomic E-state index is -4.03. The molecule has 0 heterocycles. The summed E-state index contributed by atoms with van der Waals surface area (Å²) in [5, 5.41) is 0. The summed E-state index contributed by atoms with van der Waals surface area (Å²) in [6.45, 7) is -0.283. The van der Waals surface area contributed by atoms with Gasteiger partial charge < -0.3 is 4.55 Å². The van der Waals surface area contributed by atoms with Crippen LogP contribution in [0.4, 0.5) is 4.39 Å². The maximum Gasteiger partial charge on any atom is 1.00 e. The summed E-state index contributed by atoms with van der Waals surface area (Å²) >= 11 is 0. The second-order valence-corrected chi connectivity index (χ2v) is 4.60. The predicted octanol–water partition coefficient (Wildman–Crippen LogP) is -1.15. The van der Waals surface area contributed by atoms with E-state index in [1.54, 1.807) is 0 Å². The van der Waals surface area contributed by atoms with Crippen LogP contribution in [0.3, 0.4) is 0 Å². The number of rotatable bonds is 8. The molecule has 0 atom stereocenters. The van der Waals surface area contributed by atoms with Crippen molar-refractivity contribution in [1.82, 2.24) is 0 Å². The summed E-state index contributed by atoms with van der Waals surface area (Å²) in [4.78, 5) is 0. The van der Waals surface area contributed by atoms with Gasteiger partial charge in [-0.2, -0.15) is 0 Å². The van der Waals surface area contributed by atoms with Crippen LogP contribution in [0.5, 0.6) is 0 Å². The molecule has 0 fully saturated rings. The Morgan fingerprint density at radius 1 is 0.929 bits per heavy atom. The van der Waals surface area contributed by atoms with E-state index in [0.29, 0.717) is 12.8 Å². The number of alkyl halides is 1. The van der Waals surface area contributed by atoms with E-state index in [9.17, 15) is 17.4 Å². The number of halogens is 1. The number of hydrogen-bond acceptors (Lipinski definition) is 3. The molecule has 0 spiro atoms. The van der Waals surface area contributed by atoms with Gasteiger partial charge in [0.05, 0.1) is 16.8 Å². The van der Waals surface area contributed by atoms with Crippen molar-refractivity contribution in [3.63, 3.8) is 0 Å². The molecular formula is C8H16FNaO3S. The molecule has 0 rings (SSSR count). The topological polar surface area (TPSA) is 57.2 Å². The molecule has 0 bridgehead atoms. The molecule has 0 aliphatic rings. The Labute approximate surface area is 108 Å². The largest absolute Gasteiger partial charge is 1.00 e. The van der Waals surface area contributed by atoms with E-state index in [-0.39, 0.29) is 42.0 Å². The van der Waals surface area contributed by atoms with Crippen LogP contribution in [0.1, 0.15) is 38.5 Å². The van der Waals surface area contributed by atoms with Crippen LogP contribution in [0, 0.1) is 0 Å². The van der Waals surface area contributed by atoms with Crippen LogP contribution < -0.4 is 29.6 Å². The summed E-state index contributed by atoms with van der Waals surface area (Å²) < 4.78 is 42.1. The van der Waals surface area contributed by atoms with Gasteiger partial charge in [-0.05, 0) is 12.8 Å². The summed E-state index contributed by atoms with van der Waals surface area (Å²) in [6.07, 6.45) is 4.41. The minimum Gasteiger partial charge on any atom is -0.748 e. The quantitative estimate of drug-likeness (QED) is 0.302. The molecule has 0 N–H and O–H groups in total. The predicted molar refractivity (Wildman–Crippen MR) is 48.2 cm³/mol. The van der Waals surface area contributed by atoms with Gasteiger partial charge in [0.1, 0.15) is 0 Å². The average Bonchev–Trinajstić information content (AvgIpc) is 2.01. The fourth-order valence-electron chi connectivity index (χ4n) is 1.08. The SMILES string of the molecule is O=S(=O)([O-])CCCCCCCCF.[Na+]. The van der Waals surface area contributed by atoms with Gasteiger partial charge in [0.2, 0.25) is 0 Å². The van der Waals surface area contributed by atoms with Crippen LogP contribution in [0.25, 0.3) is 0 Å². The molecule has 0 aromatic carbocycles. The first kappa shape index (κ1) is 17.2. The zero-order chi connectivity index (χ0) is 10.2. The Bertz CT molecular complexity index is 207. The second-order valence-electron chi connectivity index (χ2n) is 3.07. The Hall–Kier alpha value is 0.840. The van der Waals surface area contributed by atoms with Crippen LogP contribution in [0.15, 0.2) is 0 Å². The summed E-state index contributed by atoms with van der Waals surface area (Å²) in [6, 6.07) is 0. The fraction of sp³-hybridized carbons (Fsp3) is 1.00. The van der Waals surface area contributed by atoms with E-state index in [4.69, 9.17) is 0 Å². The van der Waals surface area contributed by atoms with Crippen LogP contribution in [-0.4, -0.2) is 25.4 Å². The molecule has 0 unspecified atom stereocenters. The van der Waals surface area contributed by atoms with Crippen molar-refractivity contribution in [3.8, 4) is 0 Å². The molecule has 0 aliphatic carbocycles. The zero-order valence-corrected chi connectivity index (χ0v) is 11.5. The van der Waals surface area contributed by atoms with Crippen molar-refractivity contribution in [3.05, 3.63) is 0 Å². The summed E-state index contributed by atoms with van der Waals surface area (Å²) in [7, 11) is -4.03. The van der Waals surface area contributed by atoms with E-state index in [0.717, 1.165) is 25.7 Å². The minimum absolute atomic E-state index is 0. The first-order chi connectivity index (χ1) is 6.06. The molecule has 0 aromatic rings. The van der Waals surface area contributed by atoms with Gasteiger partial charge in [0, 0.05) is 5.75 Å². The molecule has 0 amide bonds. The van der Waals surface area contributed by atoms with E-state index in [2.05, 4.69) is 0 Å². The molecule has 3 nitrogen and oxygen atoms in total. The third-order valence-electron chi connectivity index (χ3n) is 1.78. The van der Waals surface area contributed by atoms with E-state index in [1.165, 1.54) is 0 Å². The van der Waals surface area contributed by atoms with Gasteiger partial charge in [-0.1, -0.05) is 25.7 Å². The summed E-state index contributed by atoms with van der Waals surface area (Å²) in [5.41, 5.74) is 0. The zero-order valence-electron chi connectivity index (χ0n) is 8.67. The Morgan fingerprint density at radius 2 is 1.36 bits per heavy atom. The molecule has 0 saturated heterocycles. The standard InChI is InChI=1S/C8H17FO3S.Na/c9-7-5-3-1-2-4-6-8-13(10,11)12;/h1-8H2,(H,10,11,12);/q;+1/p-1. The normalized spacial score (nSPS) is 11.0. The van der Waals surface area contributed by atoms with E-state index >= 15 is 0 Å². The molecule has 6 heteroatoms. The van der Waals surface area contributed by atoms with E-state index < -0.39 is 10.1 Å². The first-order valence-electron chi connectivity index (χ1n) is 4.56. The number of unbranched alkanes of at least 4 members (excludes halogenated alkanes) is 5. The van der Waals surface area contributed by atoms with Gasteiger partial charge in [0.15, 0.2) is 0 Å². The second kappa shape index (κ2) is 10.4. The smallest absolute Gasteiger partial charge is 0.748 e. The van der Waals surface area contributed by atoms with Crippen LogP contribution in [-0.2, 0) is 10.1 Å². The monoisotopic (exact) mass is 234 g/mol. The first-order valence-corrected chi connectivity index (χ1v) is 6.13. The van der Waals surface area contributed by atoms with Crippen molar-refractivity contribution in [2.45, 2.75) is 38.5 Å². The van der Waals surface area contributed by atoms with Crippen molar-refractivity contribution in [2.75, 3.05) is 12.4 Å². The van der Waals surface area contributed by atoms with Crippen molar-refractivity contribution < 1.29 is 46.9 Å². The average molecular weight is 234 g/mol. The molecule has 0 aliphatic heterocycles.